The minimum atomic E-state index is -0.826. The van der Waals surface area contributed by atoms with Crippen LogP contribution in [0.15, 0.2) is 30.3 Å². The molecular weight excluding hydrogens is 312 g/mol. The molecule has 134 valence electrons. The fourth-order valence-electron chi connectivity index (χ4n) is 3.06. The molecule has 1 aromatic rings. The number of hydrogen-bond donors (Lipinski definition) is 3. The fourth-order valence-corrected chi connectivity index (χ4v) is 3.06. The highest BCUT2D eigenvalue weighted by molar-refractivity contribution is 5.77. The fraction of sp³-hybridized carbons (Fsp3) is 0.588. The maximum Gasteiger partial charge on any atom is 0.246 e. The van der Waals surface area contributed by atoms with Gasteiger partial charge in [0.2, 0.25) is 5.91 Å². The number of likely N-dealkylation sites (N-methyl/N-ethyl adjacent to an activating group) is 1. The standard InChI is InChI=1S/C17H26N2O5/c1-19(9-12-6-4-3-5-7-12)16-13(8-18-15(21)11-23-2)24-14(10-20)17(16)22/h3-7,13-14,16-17,20,22H,8-11H2,1-2H3,(H,18,21)/t13-,14+,16+,17-/m1/s1. The minimum absolute atomic E-state index is 0.0246. The third kappa shape index (κ3) is 4.75. The molecule has 1 heterocycles. The van der Waals surface area contributed by atoms with Crippen LogP contribution in [-0.2, 0) is 20.8 Å². The van der Waals surface area contributed by atoms with Gasteiger partial charge in [-0.05, 0) is 12.6 Å². The lowest BCUT2D eigenvalue weighted by Crippen LogP contribution is -2.49. The SMILES string of the molecule is COCC(=O)NC[C@H]1O[C@@H](CO)[C@@H](O)[C@H]1N(C)Cc1ccccc1. The average molecular weight is 338 g/mol. The number of hydrogen-bond acceptors (Lipinski definition) is 6. The van der Waals surface area contributed by atoms with Gasteiger partial charge in [0.25, 0.3) is 0 Å². The summed E-state index contributed by atoms with van der Waals surface area (Å²) in [5, 5.41) is 22.6. The number of carbonyl (C=O) groups is 1. The van der Waals surface area contributed by atoms with Crippen LogP contribution in [0, 0.1) is 0 Å². The third-order valence-electron chi connectivity index (χ3n) is 4.20. The van der Waals surface area contributed by atoms with E-state index in [4.69, 9.17) is 9.47 Å². The second-order valence-corrected chi connectivity index (χ2v) is 6.01. The molecule has 0 spiro atoms. The van der Waals surface area contributed by atoms with Crippen molar-refractivity contribution in [1.82, 2.24) is 10.2 Å². The van der Waals surface area contributed by atoms with Crippen molar-refractivity contribution in [3.63, 3.8) is 0 Å². The number of aliphatic hydroxyl groups is 2. The van der Waals surface area contributed by atoms with Gasteiger partial charge in [0, 0.05) is 20.2 Å². The molecule has 24 heavy (non-hydrogen) atoms. The highest BCUT2D eigenvalue weighted by Crippen LogP contribution is 2.26. The number of benzene rings is 1. The smallest absolute Gasteiger partial charge is 0.246 e. The lowest BCUT2D eigenvalue weighted by molar-refractivity contribution is -0.125. The third-order valence-corrected chi connectivity index (χ3v) is 4.20. The highest BCUT2D eigenvalue weighted by Gasteiger charge is 2.45. The van der Waals surface area contributed by atoms with Crippen molar-refractivity contribution in [3.05, 3.63) is 35.9 Å². The summed E-state index contributed by atoms with van der Waals surface area (Å²) in [5.41, 5.74) is 1.11. The molecule has 0 bridgehead atoms. The summed E-state index contributed by atoms with van der Waals surface area (Å²) in [4.78, 5) is 13.6. The molecule has 1 fully saturated rings. The lowest BCUT2D eigenvalue weighted by atomic mass is 10.0. The predicted molar refractivity (Wildman–Crippen MR) is 88.3 cm³/mol. The quantitative estimate of drug-likeness (QED) is 0.585. The Balaban J connectivity index is 2.02. The van der Waals surface area contributed by atoms with E-state index < -0.39 is 18.3 Å². The molecule has 3 N–H and O–H groups in total. The Hall–Kier alpha value is -1.51. The van der Waals surface area contributed by atoms with Gasteiger partial charge in [0.05, 0.1) is 18.8 Å². The van der Waals surface area contributed by atoms with E-state index in [1.165, 1.54) is 7.11 Å². The van der Waals surface area contributed by atoms with Crippen molar-refractivity contribution in [1.29, 1.82) is 0 Å². The molecular formula is C17H26N2O5. The van der Waals surface area contributed by atoms with Crippen molar-refractivity contribution >= 4 is 5.91 Å². The zero-order valence-corrected chi connectivity index (χ0v) is 14.1. The molecule has 0 saturated carbocycles. The van der Waals surface area contributed by atoms with Gasteiger partial charge < -0.3 is 25.0 Å². The van der Waals surface area contributed by atoms with Crippen LogP contribution in [0.5, 0.6) is 0 Å². The van der Waals surface area contributed by atoms with Crippen molar-refractivity contribution in [2.75, 3.05) is 33.9 Å². The monoisotopic (exact) mass is 338 g/mol. The van der Waals surface area contributed by atoms with E-state index in [9.17, 15) is 15.0 Å². The second kappa shape index (κ2) is 9.10. The number of carbonyl (C=O) groups excluding carboxylic acids is 1. The van der Waals surface area contributed by atoms with Crippen LogP contribution >= 0.6 is 0 Å². The number of methoxy groups -OCH3 is 1. The molecule has 1 amide bonds. The number of nitrogens with zero attached hydrogens (tertiary/aromatic N) is 1. The van der Waals surface area contributed by atoms with Gasteiger partial charge in [-0.3, -0.25) is 9.69 Å². The van der Waals surface area contributed by atoms with Gasteiger partial charge in [-0.2, -0.15) is 0 Å². The highest BCUT2D eigenvalue weighted by atomic mass is 16.5. The summed E-state index contributed by atoms with van der Waals surface area (Å²) < 4.78 is 10.5. The molecule has 1 aliphatic rings. The van der Waals surface area contributed by atoms with Crippen LogP contribution in [0.4, 0.5) is 0 Å². The first-order valence-electron chi connectivity index (χ1n) is 8.01. The Bertz CT molecular complexity index is 513. The van der Waals surface area contributed by atoms with E-state index in [1.54, 1.807) is 0 Å². The number of nitrogens with one attached hydrogen (secondary N) is 1. The van der Waals surface area contributed by atoms with Gasteiger partial charge in [0.15, 0.2) is 0 Å². The average Bonchev–Trinajstić information content (AvgIpc) is 2.90. The topological polar surface area (TPSA) is 91.3 Å². The van der Waals surface area contributed by atoms with Gasteiger partial charge in [-0.25, -0.2) is 0 Å². The Morgan fingerprint density at radius 3 is 2.67 bits per heavy atom. The summed E-state index contributed by atoms with van der Waals surface area (Å²) in [6.45, 7) is 0.592. The van der Waals surface area contributed by atoms with E-state index >= 15 is 0 Å². The van der Waals surface area contributed by atoms with Crippen molar-refractivity contribution in [2.45, 2.75) is 30.9 Å². The number of rotatable bonds is 8. The molecule has 7 nitrogen and oxygen atoms in total. The van der Waals surface area contributed by atoms with Crippen LogP contribution in [-0.4, -0.2) is 79.3 Å². The molecule has 0 radical (unpaired) electrons. The molecule has 0 aromatic heterocycles. The van der Waals surface area contributed by atoms with Crippen molar-refractivity contribution in [3.8, 4) is 0 Å². The van der Waals surface area contributed by atoms with Crippen LogP contribution in [0.2, 0.25) is 0 Å². The number of ether oxygens (including phenoxy) is 2. The maximum atomic E-state index is 11.6. The number of aliphatic hydroxyl groups excluding tert-OH is 2. The lowest BCUT2D eigenvalue weighted by Gasteiger charge is -2.30. The Morgan fingerprint density at radius 1 is 1.33 bits per heavy atom. The largest absolute Gasteiger partial charge is 0.394 e. The molecule has 2 rings (SSSR count). The van der Waals surface area contributed by atoms with Crippen LogP contribution in [0.1, 0.15) is 5.56 Å². The Labute approximate surface area is 142 Å². The summed E-state index contributed by atoms with van der Waals surface area (Å²) >= 11 is 0. The van der Waals surface area contributed by atoms with E-state index in [0.29, 0.717) is 6.54 Å². The molecule has 4 atom stereocenters. The van der Waals surface area contributed by atoms with Crippen LogP contribution in [0.25, 0.3) is 0 Å². The molecule has 1 aromatic carbocycles. The predicted octanol–water partition coefficient (Wildman–Crippen LogP) is -0.630. The first-order chi connectivity index (χ1) is 11.6. The summed E-state index contributed by atoms with van der Waals surface area (Å²) in [6, 6.07) is 9.57. The van der Waals surface area contributed by atoms with Crippen molar-refractivity contribution < 1.29 is 24.5 Å². The molecule has 7 heteroatoms. The van der Waals surface area contributed by atoms with E-state index in [2.05, 4.69) is 5.32 Å². The molecule has 1 aliphatic heterocycles. The van der Waals surface area contributed by atoms with E-state index in [0.717, 1.165) is 5.56 Å². The summed E-state index contributed by atoms with van der Waals surface area (Å²) in [7, 11) is 3.35. The zero-order chi connectivity index (χ0) is 17.5. The Morgan fingerprint density at radius 2 is 2.04 bits per heavy atom. The minimum Gasteiger partial charge on any atom is -0.394 e. The van der Waals surface area contributed by atoms with E-state index in [1.807, 2.05) is 42.3 Å². The second-order valence-electron chi connectivity index (χ2n) is 6.01. The van der Waals surface area contributed by atoms with Gasteiger partial charge >= 0.3 is 0 Å². The zero-order valence-electron chi connectivity index (χ0n) is 14.1. The summed E-state index contributed by atoms with van der Waals surface area (Å²) in [5.74, 6) is -0.243. The van der Waals surface area contributed by atoms with E-state index in [-0.39, 0.29) is 31.7 Å². The molecule has 0 aliphatic carbocycles. The Kier molecular flexibility index (Phi) is 7.14. The molecule has 0 unspecified atom stereocenters. The van der Waals surface area contributed by atoms with Gasteiger partial charge in [-0.1, -0.05) is 30.3 Å². The normalized spacial score (nSPS) is 26.7. The summed E-state index contributed by atoms with van der Waals surface area (Å²) in [6.07, 6.45) is -1.89. The van der Waals surface area contributed by atoms with Gasteiger partial charge in [0.1, 0.15) is 18.8 Å². The first kappa shape index (κ1) is 18.8. The van der Waals surface area contributed by atoms with Crippen molar-refractivity contribution in [2.24, 2.45) is 0 Å². The van der Waals surface area contributed by atoms with Gasteiger partial charge in [-0.15, -0.1) is 0 Å². The molecule has 1 saturated heterocycles. The van der Waals surface area contributed by atoms with Crippen LogP contribution < -0.4 is 5.32 Å². The number of amides is 1. The maximum absolute atomic E-state index is 11.6. The van der Waals surface area contributed by atoms with Crippen LogP contribution in [0.3, 0.4) is 0 Å². The first-order valence-corrected chi connectivity index (χ1v) is 8.01.